The maximum Gasteiger partial charge on any atom is 0.183 e. The lowest BCUT2D eigenvalue weighted by atomic mass is 10.6. The summed E-state index contributed by atoms with van der Waals surface area (Å²) in [6.07, 6.45) is 5.52. The van der Waals surface area contributed by atoms with Crippen molar-refractivity contribution in [1.29, 1.82) is 0 Å². The summed E-state index contributed by atoms with van der Waals surface area (Å²) in [6, 6.07) is 1.91. The van der Waals surface area contributed by atoms with Gasteiger partial charge >= 0.3 is 0 Å². The number of rotatable bonds is 1. The summed E-state index contributed by atoms with van der Waals surface area (Å²) in [5.41, 5.74) is 0. The van der Waals surface area contributed by atoms with Crippen molar-refractivity contribution in [2.75, 3.05) is 0 Å². The fourth-order valence-corrected chi connectivity index (χ4v) is 1.25. The predicted octanol–water partition coefficient (Wildman–Crippen LogP) is 1.27. The van der Waals surface area contributed by atoms with E-state index in [-0.39, 0.29) is 0 Å². The Balaban J connectivity index is 2.58. The second-order valence-electron chi connectivity index (χ2n) is 2.48. The largest absolute Gasteiger partial charge is 0.337 e. The molecule has 0 aliphatic carbocycles. The van der Waals surface area contributed by atoms with Crippen molar-refractivity contribution in [1.82, 2.24) is 19.3 Å². The third kappa shape index (κ3) is 1.08. The number of aromatic nitrogens is 4. The van der Waals surface area contributed by atoms with E-state index in [4.69, 9.17) is 12.2 Å². The molecule has 2 aromatic heterocycles. The van der Waals surface area contributed by atoms with Crippen LogP contribution in [0.5, 0.6) is 0 Å². The highest BCUT2D eigenvalue weighted by Crippen LogP contribution is 2.03. The van der Waals surface area contributed by atoms with E-state index in [2.05, 4.69) is 10.1 Å². The molecule has 12 heavy (non-hydrogen) atoms. The van der Waals surface area contributed by atoms with Crippen LogP contribution in [-0.2, 0) is 7.05 Å². The molecule has 0 amide bonds. The molecule has 2 rings (SSSR count). The Kier molecular flexibility index (Phi) is 1.58. The van der Waals surface area contributed by atoms with Crippen molar-refractivity contribution in [2.45, 2.75) is 0 Å². The molecule has 0 fully saturated rings. The van der Waals surface area contributed by atoms with Crippen LogP contribution in [0.15, 0.2) is 24.7 Å². The molecule has 0 aliphatic heterocycles. The van der Waals surface area contributed by atoms with Gasteiger partial charge in [-0.2, -0.15) is 5.10 Å². The first-order valence-electron chi connectivity index (χ1n) is 3.53. The van der Waals surface area contributed by atoms with Crippen molar-refractivity contribution in [3.63, 3.8) is 0 Å². The second kappa shape index (κ2) is 2.60. The Hall–Kier alpha value is -1.36. The van der Waals surface area contributed by atoms with Gasteiger partial charge < -0.3 is 4.98 Å². The van der Waals surface area contributed by atoms with E-state index in [1.807, 2.05) is 30.1 Å². The maximum absolute atomic E-state index is 5.03. The highest BCUT2D eigenvalue weighted by Gasteiger charge is 1.98. The molecule has 0 unspecified atom stereocenters. The van der Waals surface area contributed by atoms with Gasteiger partial charge in [0, 0.05) is 31.7 Å². The number of nitrogens with zero attached hydrogens (tertiary/aromatic N) is 3. The predicted molar refractivity (Wildman–Crippen MR) is 47.7 cm³/mol. The van der Waals surface area contributed by atoms with Gasteiger partial charge in [-0.15, -0.1) is 0 Å². The summed E-state index contributed by atoms with van der Waals surface area (Å²) in [4.78, 5) is 2.90. The minimum atomic E-state index is 0.661. The lowest BCUT2D eigenvalue weighted by Crippen LogP contribution is -1.95. The molecule has 62 valence electrons. The zero-order chi connectivity index (χ0) is 8.55. The molecule has 1 N–H and O–H groups in total. The Morgan fingerprint density at radius 1 is 1.50 bits per heavy atom. The van der Waals surface area contributed by atoms with Crippen LogP contribution in [0.2, 0.25) is 0 Å². The minimum absolute atomic E-state index is 0.661. The Morgan fingerprint density at radius 3 is 2.83 bits per heavy atom. The molecule has 0 saturated carbocycles. The standard InChI is InChI=1S/C7H8N4S/c1-10-4-2-6(9-10)11-5-3-8-7(11)12/h2-5H,1H3,(H,8,12). The first-order chi connectivity index (χ1) is 5.77. The topological polar surface area (TPSA) is 38.5 Å². The number of aryl methyl sites for hydroxylation is 1. The third-order valence-electron chi connectivity index (χ3n) is 1.60. The molecule has 4 nitrogen and oxygen atoms in total. The molecular formula is C7H8N4S. The lowest BCUT2D eigenvalue weighted by Gasteiger charge is -1.93. The number of aromatic amines is 1. The van der Waals surface area contributed by atoms with Crippen LogP contribution in [0, 0.1) is 4.77 Å². The Morgan fingerprint density at radius 2 is 2.33 bits per heavy atom. The number of H-pyrrole nitrogens is 1. The van der Waals surface area contributed by atoms with E-state index in [9.17, 15) is 0 Å². The third-order valence-corrected chi connectivity index (χ3v) is 1.91. The van der Waals surface area contributed by atoms with Crippen LogP contribution in [0.25, 0.3) is 5.82 Å². The summed E-state index contributed by atoms with van der Waals surface area (Å²) in [5, 5.41) is 4.21. The molecule has 0 spiro atoms. The van der Waals surface area contributed by atoms with Gasteiger partial charge in [-0.3, -0.25) is 9.25 Å². The molecule has 0 aromatic carbocycles. The van der Waals surface area contributed by atoms with Crippen LogP contribution in [-0.4, -0.2) is 19.3 Å². The van der Waals surface area contributed by atoms with E-state index < -0.39 is 0 Å². The van der Waals surface area contributed by atoms with Crippen LogP contribution in [0.3, 0.4) is 0 Å². The highest BCUT2D eigenvalue weighted by atomic mass is 32.1. The fourth-order valence-electron chi connectivity index (χ4n) is 1.03. The summed E-state index contributed by atoms with van der Waals surface area (Å²) in [6.45, 7) is 0. The summed E-state index contributed by atoms with van der Waals surface area (Å²) in [5.74, 6) is 0.837. The zero-order valence-electron chi connectivity index (χ0n) is 6.56. The van der Waals surface area contributed by atoms with E-state index in [0.29, 0.717) is 4.77 Å². The van der Waals surface area contributed by atoms with Gasteiger partial charge in [0.05, 0.1) is 0 Å². The van der Waals surface area contributed by atoms with Gasteiger partial charge in [-0.05, 0) is 12.2 Å². The highest BCUT2D eigenvalue weighted by molar-refractivity contribution is 7.71. The molecule has 5 heteroatoms. The van der Waals surface area contributed by atoms with E-state index in [0.717, 1.165) is 5.82 Å². The van der Waals surface area contributed by atoms with Gasteiger partial charge in [0.25, 0.3) is 0 Å². The average Bonchev–Trinajstić information content (AvgIpc) is 2.58. The number of nitrogens with one attached hydrogen (secondary N) is 1. The fraction of sp³-hybridized carbons (Fsp3) is 0.143. The van der Waals surface area contributed by atoms with Gasteiger partial charge in [-0.1, -0.05) is 0 Å². The van der Waals surface area contributed by atoms with Crippen molar-refractivity contribution < 1.29 is 0 Å². The first-order valence-corrected chi connectivity index (χ1v) is 3.94. The monoisotopic (exact) mass is 180 g/mol. The SMILES string of the molecule is Cn1ccc(-n2cc[nH]c2=S)n1. The zero-order valence-corrected chi connectivity index (χ0v) is 7.38. The number of hydrogen-bond donors (Lipinski definition) is 1. The summed E-state index contributed by atoms with van der Waals surface area (Å²) < 4.78 is 4.22. The summed E-state index contributed by atoms with van der Waals surface area (Å²) in [7, 11) is 1.87. The molecule has 0 saturated heterocycles. The quantitative estimate of drug-likeness (QED) is 0.671. The van der Waals surface area contributed by atoms with Gasteiger partial charge in [0.1, 0.15) is 0 Å². The maximum atomic E-state index is 5.03. The number of imidazole rings is 1. The van der Waals surface area contributed by atoms with Crippen molar-refractivity contribution in [3.05, 3.63) is 29.4 Å². The lowest BCUT2D eigenvalue weighted by molar-refractivity contribution is 0.749. The van der Waals surface area contributed by atoms with Crippen LogP contribution < -0.4 is 0 Å². The Labute approximate surface area is 74.5 Å². The van der Waals surface area contributed by atoms with Gasteiger partial charge in [0.2, 0.25) is 0 Å². The average molecular weight is 180 g/mol. The molecule has 2 heterocycles. The van der Waals surface area contributed by atoms with Crippen molar-refractivity contribution in [2.24, 2.45) is 7.05 Å². The smallest absolute Gasteiger partial charge is 0.183 e. The van der Waals surface area contributed by atoms with Crippen molar-refractivity contribution >= 4 is 12.2 Å². The van der Waals surface area contributed by atoms with Gasteiger partial charge in [-0.25, -0.2) is 0 Å². The van der Waals surface area contributed by atoms with Crippen LogP contribution in [0.1, 0.15) is 0 Å². The normalized spacial score (nSPS) is 10.4. The van der Waals surface area contributed by atoms with Crippen LogP contribution in [0.4, 0.5) is 0 Å². The molecule has 0 bridgehead atoms. The number of hydrogen-bond acceptors (Lipinski definition) is 2. The molecule has 0 atom stereocenters. The first kappa shape index (κ1) is 7.30. The van der Waals surface area contributed by atoms with Crippen molar-refractivity contribution in [3.8, 4) is 5.82 Å². The second-order valence-corrected chi connectivity index (χ2v) is 2.87. The van der Waals surface area contributed by atoms with Crippen LogP contribution >= 0.6 is 12.2 Å². The molecule has 2 aromatic rings. The minimum Gasteiger partial charge on any atom is -0.337 e. The van der Waals surface area contributed by atoms with E-state index in [1.165, 1.54) is 0 Å². The summed E-state index contributed by atoms with van der Waals surface area (Å²) >= 11 is 5.03. The molecular weight excluding hydrogens is 172 g/mol. The van der Waals surface area contributed by atoms with Gasteiger partial charge in [0.15, 0.2) is 10.6 Å². The molecule has 0 radical (unpaired) electrons. The molecule has 0 aliphatic rings. The van der Waals surface area contributed by atoms with E-state index in [1.54, 1.807) is 10.9 Å². The Bertz CT molecular complexity index is 436. The van der Waals surface area contributed by atoms with E-state index >= 15 is 0 Å².